The maximum atomic E-state index is 13.3. The average Bonchev–Trinajstić information content (AvgIpc) is 3.08. The van der Waals surface area contributed by atoms with Crippen LogP contribution in [0.25, 0.3) is 10.8 Å². The van der Waals surface area contributed by atoms with Gasteiger partial charge in [0.15, 0.2) is 0 Å². The highest BCUT2D eigenvalue weighted by Crippen LogP contribution is 2.31. The molecule has 2 aliphatic rings. The second-order valence-electron chi connectivity index (χ2n) is 8.43. The van der Waals surface area contributed by atoms with E-state index in [1.54, 1.807) is 30.3 Å². The third-order valence-electron chi connectivity index (χ3n) is 6.36. The minimum absolute atomic E-state index is 0.255. The summed E-state index contributed by atoms with van der Waals surface area (Å²) in [5, 5.41) is 4.82. The zero-order chi connectivity index (χ0) is 23.0. The van der Waals surface area contributed by atoms with E-state index in [9.17, 15) is 14.4 Å². The molecule has 0 bridgehead atoms. The molecule has 3 heterocycles. The Morgan fingerprint density at radius 3 is 2.39 bits per heavy atom. The number of imide groups is 1. The Morgan fingerprint density at radius 2 is 1.67 bits per heavy atom. The fourth-order valence-electron chi connectivity index (χ4n) is 4.38. The van der Waals surface area contributed by atoms with E-state index in [4.69, 9.17) is 0 Å². The van der Waals surface area contributed by atoms with Crippen LogP contribution in [-0.4, -0.2) is 70.3 Å². The van der Waals surface area contributed by atoms with Crippen molar-refractivity contribution in [3.8, 4) is 0 Å². The summed E-state index contributed by atoms with van der Waals surface area (Å²) in [5.41, 5.74) is -0.531. The maximum Gasteiger partial charge on any atom is 0.325 e. The molecule has 0 saturated carbocycles. The number of hydrogen-bond donors (Lipinski definition) is 1. The Hall–Kier alpha value is -4.01. The molecule has 0 radical (unpaired) electrons. The molecule has 4 amide bonds. The lowest BCUT2D eigenvalue weighted by Gasteiger charge is -2.35. The molecule has 3 aromatic rings. The first-order valence-corrected chi connectivity index (χ1v) is 10.9. The number of carbonyl (C=O) groups is 3. The molecular formula is C24H24N6O3. The first kappa shape index (κ1) is 20.9. The van der Waals surface area contributed by atoms with Crippen LogP contribution in [0.3, 0.4) is 0 Å². The Balaban J connectivity index is 1.27. The first-order chi connectivity index (χ1) is 16.0. The molecular weight excluding hydrogens is 420 g/mol. The van der Waals surface area contributed by atoms with Gasteiger partial charge in [-0.05, 0) is 35.4 Å². The lowest BCUT2D eigenvalue weighted by molar-refractivity contribution is -0.139. The van der Waals surface area contributed by atoms with Crippen LogP contribution in [-0.2, 0) is 15.1 Å². The van der Waals surface area contributed by atoms with E-state index in [2.05, 4.69) is 15.3 Å². The van der Waals surface area contributed by atoms with Crippen molar-refractivity contribution in [1.82, 2.24) is 25.1 Å². The van der Waals surface area contributed by atoms with E-state index >= 15 is 0 Å². The number of carbonyl (C=O) groups excluding carboxylic acids is 3. The van der Waals surface area contributed by atoms with Crippen molar-refractivity contribution < 1.29 is 14.4 Å². The molecule has 9 nitrogen and oxygen atoms in total. The summed E-state index contributed by atoms with van der Waals surface area (Å²) in [6.45, 7) is 3.52. The largest absolute Gasteiger partial charge is 0.338 e. The predicted octanol–water partition coefficient (Wildman–Crippen LogP) is 1.75. The number of nitrogens with one attached hydrogen (secondary N) is 1. The molecule has 1 N–H and O–H groups in total. The summed E-state index contributed by atoms with van der Waals surface area (Å²) in [6.07, 6.45) is 3.37. The lowest BCUT2D eigenvalue weighted by atomic mass is 9.90. The molecule has 2 saturated heterocycles. The number of amides is 4. The van der Waals surface area contributed by atoms with Crippen LogP contribution in [0.2, 0.25) is 0 Å². The van der Waals surface area contributed by atoms with Crippen LogP contribution in [0.4, 0.5) is 10.7 Å². The summed E-state index contributed by atoms with van der Waals surface area (Å²) in [4.78, 5) is 52.1. The maximum absolute atomic E-state index is 13.3. The van der Waals surface area contributed by atoms with Gasteiger partial charge in [0.2, 0.25) is 11.9 Å². The van der Waals surface area contributed by atoms with Crippen molar-refractivity contribution in [3.63, 3.8) is 0 Å². The summed E-state index contributed by atoms with van der Waals surface area (Å²) < 4.78 is 0. The number of anilines is 1. The van der Waals surface area contributed by atoms with Crippen molar-refractivity contribution in [3.05, 3.63) is 66.5 Å². The summed E-state index contributed by atoms with van der Waals surface area (Å²) in [5.74, 6) is -0.0489. The lowest BCUT2D eigenvalue weighted by Crippen LogP contribution is -2.52. The van der Waals surface area contributed by atoms with E-state index in [-0.39, 0.29) is 12.5 Å². The fraction of sp³-hybridized carbons (Fsp3) is 0.292. The van der Waals surface area contributed by atoms with Crippen LogP contribution in [0, 0.1) is 0 Å². The van der Waals surface area contributed by atoms with Crippen LogP contribution >= 0.6 is 0 Å². The van der Waals surface area contributed by atoms with Crippen LogP contribution in [0.15, 0.2) is 60.9 Å². The van der Waals surface area contributed by atoms with Gasteiger partial charge in [0.05, 0.1) is 0 Å². The van der Waals surface area contributed by atoms with Crippen molar-refractivity contribution in [2.45, 2.75) is 12.5 Å². The SMILES string of the molecule is C[C@]1(c2ccc3ccccc3c2)NC(=O)N(CC(=O)N2CCN(c3ncccn3)CC2)C1=O. The monoisotopic (exact) mass is 444 g/mol. The smallest absolute Gasteiger partial charge is 0.325 e. The molecule has 2 aromatic carbocycles. The molecule has 2 aliphatic heterocycles. The molecule has 33 heavy (non-hydrogen) atoms. The van der Waals surface area contributed by atoms with Crippen LogP contribution in [0.5, 0.6) is 0 Å². The highest BCUT2D eigenvalue weighted by molar-refractivity contribution is 6.09. The van der Waals surface area contributed by atoms with Crippen molar-refractivity contribution in [2.75, 3.05) is 37.6 Å². The second-order valence-corrected chi connectivity index (χ2v) is 8.43. The van der Waals surface area contributed by atoms with Gasteiger partial charge in [-0.15, -0.1) is 0 Å². The van der Waals surface area contributed by atoms with Crippen molar-refractivity contribution in [2.24, 2.45) is 0 Å². The van der Waals surface area contributed by atoms with Gasteiger partial charge in [-0.2, -0.15) is 0 Å². The van der Waals surface area contributed by atoms with Crippen LogP contribution < -0.4 is 10.2 Å². The number of piperazine rings is 1. The highest BCUT2D eigenvalue weighted by Gasteiger charge is 2.49. The van der Waals surface area contributed by atoms with E-state index in [0.29, 0.717) is 37.7 Å². The Bertz CT molecular complexity index is 1230. The van der Waals surface area contributed by atoms with Gasteiger partial charge in [0.25, 0.3) is 5.91 Å². The molecule has 9 heteroatoms. The first-order valence-electron chi connectivity index (χ1n) is 10.9. The summed E-state index contributed by atoms with van der Waals surface area (Å²) in [7, 11) is 0. The van der Waals surface area contributed by atoms with Crippen LogP contribution in [0.1, 0.15) is 12.5 Å². The molecule has 2 fully saturated rings. The minimum Gasteiger partial charge on any atom is -0.338 e. The normalized spacial score (nSPS) is 20.9. The molecule has 1 atom stereocenters. The molecule has 168 valence electrons. The van der Waals surface area contributed by atoms with Gasteiger partial charge in [0, 0.05) is 38.6 Å². The fourth-order valence-corrected chi connectivity index (χ4v) is 4.38. The number of benzene rings is 2. The zero-order valence-electron chi connectivity index (χ0n) is 18.3. The number of hydrogen-bond acceptors (Lipinski definition) is 6. The van der Waals surface area contributed by atoms with Gasteiger partial charge in [-0.1, -0.05) is 36.4 Å². The van der Waals surface area contributed by atoms with E-state index in [1.807, 2.05) is 47.4 Å². The number of urea groups is 1. The Morgan fingerprint density at radius 1 is 0.970 bits per heavy atom. The number of aromatic nitrogens is 2. The number of fused-ring (bicyclic) bond motifs is 1. The highest BCUT2D eigenvalue weighted by atomic mass is 16.2. The van der Waals surface area contributed by atoms with Gasteiger partial charge in [-0.25, -0.2) is 14.8 Å². The number of rotatable bonds is 4. The minimum atomic E-state index is -1.22. The quantitative estimate of drug-likeness (QED) is 0.616. The topological polar surface area (TPSA) is 98.7 Å². The molecule has 0 unspecified atom stereocenters. The molecule has 0 aliphatic carbocycles. The molecule has 5 rings (SSSR count). The number of nitrogens with zero attached hydrogens (tertiary/aromatic N) is 5. The third kappa shape index (κ3) is 3.75. The van der Waals surface area contributed by atoms with E-state index in [1.165, 1.54) is 0 Å². The predicted molar refractivity (Wildman–Crippen MR) is 122 cm³/mol. The van der Waals surface area contributed by atoms with E-state index in [0.717, 1.165) is 15.7 Å². The van der Waals surface area contributed by atoms with Gasteiger partial charge in [0.1, 0.15) is 12.1 Å². The second kappa shape index (κ2) is 8.16. The van der Waals surface area contributed by atoms with Crippen molar-refractivity contribution in [1.29, 1.82) is 0 Å². The van der Waals surface area contributed by atoms with E-state index < -0.39 is 17.5 Å². The van der Waals surface area contributed by atoms with Gasteiger partial charge < -0.3 is 15.1 Å². The molecule has 1 aromatic heterocycles. The van der Waals surface area contributed by atoms with Gasteiger partial charge >= 0.3 is 6.03 Å². The average molecular weight is 444 g/mol. The Labute approximate surface area is 191 Å². The molecule has 0 spiro atoms. The zero-order valence-corrected chi connectivity index (χ0v) is 18.3. The summed E-state index contributed by atoms with van der Waals surface area (Å²) in [6, 6.07) is 14.7. The third-order valence-corrected chi connectivity index (χ3v) is 6.36. The van der Waals surface area contributed by atoms with Crippen molar-refractivity contribution >= 4 is 34.6 Å². The van der Waals surface area contributed by atoms with Gasteiger partial charge in [-0.3, -0.25) is 14.5 Å². The summed E-state index contributed by atoms with van der Waals surface area (Å²) >= 11 is 0. The Kier molecular flexibility index (Phi) is 5.16. The standard InChI is InChI=1S/C24H24N6O3/c1-24(19-8-7-17-5-2-3-6-18(17)15-19)21(32)30(23(33)27-24)16-20(31)28-11-13-29(14-12-28)22-25-9-4-10-26-22/h2-10,15H,11-14,16H2,1H3,(H,27,33)/t24-/m1/s1.